The van der Waals surface area contributed by atoms with Crippen molar-refractivity contribution < 1.29 is 9.53 Å². The van der Waals surface area contributed by atoms with Crippen LogP contribution in [0.3, 0.4) is 0 Å². The van der Waals surface area contributed by atoms with Crippen molar-refractivity contribution in [1.29, 1.82) is 0 Å². The van der Waals surface area contributed by atoms with Gasteiger partial charge in [0.1, 0.15) is 5.76 Å². The normalized spacial score (nSPS) is 27.2. The summed E-state index contributed by atoms with van der Waals surface area (Å²) in [4.78, 5) is 12.1. The lowest BCUT2D eigenvalue weighted by Gasteiger charge is -2.55. The molecule has 0 heterocycles. The molecule has 0 saturated heterocycles. The molecule has 0 amide bonds. The van der Waals surface area contributed by atoms with Crippen LogP contribution in [-0.2, 0) is 4.74 Å². The summed E-state index contributed by atoms with van der Waals surface area (Å²) in [7, 11) is 0. The summed E-state index contributed by atoms with van der Waals surface area (Å²) in [5, 5.41) is 0.622. The van der Waals surface area contributed by atoms with Gasteiger partial charge in [-0.25, -0.2) is 4.79 Å². The van der Waals surface area contributed by atoms with Crippen LogP contribution < -0.4 is 0 Å². The summed E-state index contributed by atoms with van der Waals surface area (Å²) in [6, 6.07) is 6.80. The first kappa shape index (κ1) is 12.7. The summed E-state index contributed by atoms with van der Waals surface area (Å²) in [5.41, 5.74) is 0.814. The van der Waals surface area contributed by atoms with Gasteiger partial charge in [0.2, 0.25) is 0 Å². The van der Waals surface area contributed by atoms with E-state index in [0.717, 1.165) is 24.5 Å². The number of benzene rings is 1. The quantitative estimate of drug-likeness (QED) is 0.746. The molecule has 1 aromatic carbocycles. The first-order valence-corrected chi connectivity index (χ1v) is 7.04. The predicted octanol–water partition coefficient (Wildman–Crippen LogP) is 4.45. The fourth-order valence-corrected chi connectivity index (χ4v) is 3.29. The Kier molecular flexibility index (Phi) is 2.94. The molecule has 4 rings (SSSR count). The number of carbonyl (C=O) groups is 1. The molecule has 0 unspecified atom stereocenters. The van der Waals surface area contributed by atoms with Gasteiger partial charge in [0.05, 0.1) is 5.56 Å². The molecule has 0 N–H and O–H groups in total. The molecule has 1 saturated carbocycles. The minimum absolute atomic E-state index is 0.268. The van der Waals surface area contributed by atoms with E-state index >= 15 is 0 Å². The lowest BCUT2D eigenvalue weighted by atomic mass is 9.50. The number of allylic oxidation sites excluding steroid dienone is 2. The van der Waals surface area contributed by atoms with E-state index in [-0.39, 0.29) is 11.4 Å². The number of hydrogen-bond donors (Lipinski definition) is 0. The zero-order chi connectivity index (χ0) is 13.6. The Hall–Kier alpha value is -1.28. The van der Waals surface area contributed by atoms with Crippen LogP contribution >= 0.6 is 11.6 Å². The maximum atomic E-state index is 12.1. The minimum Gasteiger partial charge on any atom is -0.427 e. The van der Waals surface area contributed by atoms with E-state index in [4.69, 9.17) is 16.3 Å². The van der Waals surface area contributed by atoms with Crippen LogP contribution in [0.5, 0.6) is 0 Å². The Labute approximate surface area is 118 Å². The maximum Gasteiger partial charge on any atom is 0.343 e. The summed E-state index contributed by atoms with van der Waals surface area (Å²) in [6.07, 6.45) is 4.25. The summed E-state index contributed by atoms with van der Waals surface area (Å²) in [5.74, 6) is 1.70. The third-order valence-corrected chi connectivity index (χ3v) is 4.96. The molecule has 2 bridgehead atoms. The fourth-order valence-electron chi connectivity index (χ4n) is 3.16. The second-order valence-corrected chi connectivity index (χ2v) is 6.48. The van der Waals surface area contributed by atoms with Crippen molar-refractivity contribution in [2.24, 2.45) is 17.3 Å². The average Bonchev–Trinajstić information content (AvgIpc) is 2.39. The van der Waals surface area contributed by atoms with E-state index in [1.165, 1.54) is 0 Å². The molecule has 0 aliphatic heterocycles. The third-order valence-electron chi connectivity index (χ3n) is 4.71. The van der Waals surface area contributed by atoms with Gasteiger partial charge in [-0.3, -0.25) is 0 Å². The standard InChI is InChI=1S/C16H17ClO2/c1-16(2)11-5-8-14(13(16)9-11)19-15(18)10-3-6-12(17)7-4-10/h3-4,6-8,11,13H,5,9H2,1-2H3/t11-,13-/m0/s1. The first-order chi connectivity index (χ1) is 8.98. The predicted molar refractivity (Wildman–Crippen MR) is 74.9 cm³/mol. The molecule has 3 heteroatoms. The van der Waals surface area contributed by atoms with E-state index in [1.54, 1.807) is 24.3 Å². The zero-order valence-corrected chi connectivity index (χ0v) is 11.9. The van der Waals surface area contributed by atoms with Crippen LogP contribution in [0.25, 0.3) is 0 Å². The molecule has 100 valence electrons. The van der Waals surface area contributed by atoms with Crippen LogP contribution in [0.4, 0.5) is 0 Å². The molecular weight excluding hydrogens is 260 g/mol. The third kappa shape index (κ3) is 2.08. The lowest BCUT2D eigenvalue weighted by molar-refractivity contribution is -0.0394. The van der Waals surface area contributed by atoms with E-state index in [0.29, 0.717) is 16.5 Å². The van der Waals surface area contributed by atoms with Crippen molar-refractivity contribution in [2.75, 3.05) is 0 Å². The van der Waals surface area contributed by atoms with Crippen molar-refractivity contribution >= 4 is 17.6 Å². The highest BCUT2D eigenvalue weighted by molar-refractivity contribution is 6.30. The van der Waals surface area contributed by atoms with Gasteiger partial charge in [0.25, 0.3) is 0 Å². The molecule has 1 fully saturated rings. The lowest BCUT2D eigenvalue weighted by Crippen LogP contribution is -2.48. The number of ether oxygens (including phenoxy) is 1. The van der Waals surface area contributed by atoms with Gasteiger partial charge < -0.3 is 4.74 Å². The molecule has 0 spiro atoms. The second kappa shape index (κ2) is 4.38. The Morgan fingerprint density at radius 2 is 2.00 bits per heavy atom. The Morgan fingerprint density at radius 3 is 2.58 bits per heavy atom. The van der Waals surface area contributed by atoms with E-state index < -0.39 is 0 Å². The summed E-state index contributed by atoms with van der Waals surface area (Å²) >= 11 is 5.81. The number of hydrogen-bond acceptors (Lipinski definition) is 2. The van der Waals surface area contributed by atoms with E-state index in [1.807, 2.05) is 0 Å². The van der Waals surface area contributed by atoms with Gasteiger partial charge in [0.15, 0.2) is 0 Å². The number of rotatable bonds is 2. The summed E-state index contributed by atoms with van der Waals surface area (Å²) < 4.78 is 5.58. The molecular formula is C16H17ClO2. The van der Waals surface area contributed by atoms with Gasteiger partial charge in [-0.05, 0) is 54.5 Å². The molecule has 19 heavy (non-hydrogen) atoms. The van der Waals surface area contributed by atoms with Gasteiger partial charge in [-0.1, -0.05) is 25.4 Å². The van der Waals surface area contributed by atoms with Crippen molar-refractivity contribution in [3.8, 4) is 0 Å². The van der Waals surface area contributed by atoms with Crippen LogP contribution in [0.1, 0.15) is 37.0 Å². The van der Waals surface area contributed by atoms with Gasteiger partial charge in [0, 0.05) is 10.9 Å². The molecule has 2 nitrogen and oxygen atoms in total. The SMILES string of the molecule is CC1(C)[C@H]2CC=C(OC(=O)c3ccc(Cl)cc3)[C@@H]1C2. The highest BCUT2D eigenvalue weighted by atomic mass is 35.5. The van der Waals surface area contributed by atoms with Crippen LogP contribution in [0.15, 0.2) is 36.1 Å². The minimum atomic E-state index is -0.288. The highest BCUT2D eigenvalue weighted by Crippen LogP contribution is 2.59. The fraction of sp³-hybridized carbons (Fsp3) is 0.438. The number of halogens is 1. The highest BCUT2D eigenvalue weighted by Gasteiger charge is 2.52. The molecule has 3 aliphatic carbocycles. The Morgan fingerprint density at radius 1 is 1.32 bits per heavy atom. The summed E-state index contributed by atoms with van der Waals surface area (Å²) in [6.45, 7) is 4.52. The first-order valence-electron chi connectivity index (χ1n) is 6.66. The smallest absolute Gasteiger partial charge is 0.343 e. The van der Waals surface area contributed by atoms with Crippen molar-refractivity contribution in [1.82, 2.24) is 0 Å². The van der Waals surface area contributed by atoms with E-state index in [9.17, 15) is 4.79 Å². The van der Waals surface area contributed by atoms with Gasteiger partial charge in [-0.15, -0.1) is 0 Å². The second-order valence-electron chi connectivity index (χ2n) is 6.05. The Bertz CT molecular complexity index is 542. The van der Waals surface area contributed by atoms with Gasteiger partial charge in [-0.2, -0.15) is 0 Å². The molecule has 0 radical (unpaired) electrons. The number of fused-ring (bicyclic) bond motifs is 1. The van der Waals surface area contributed by atoms with Gasteiger partial charge >= 0.3 is 5.97 Å². The van der Waals surface area contributed by atoms with Crippen molar-refractivity contribution in [3.63, 3.8) is 0 Å². The van der Waals surface area contributed by atoms with Crippen LogP contribution in [0, 0.1) is 17.3 Å². The van der Waals surface area contributed by atoms with Crippen molar-refractivity contribution in [3.05, 3.63) is 46.7 Å². The van der Waals surface area contributed by atoms with Crippen molar-refractivity contribution in [2.45, 2.75) is 26.7 Å². The Balaban J connectivity index is 1.74. The largest absolute Gasteiger partial charge is 0.427 e. The maximum absolute atomic E-state index is 12.1. The number of esters is 1. The number of carbonyl (C=O) groups excluding carboxylic acids is 1. The molecule has 1 aromatic rings. The average molecular weight is 277 g/mol. The molecule has 0 aromatic heterocycles. The monoisotopic (exact) mass is 276 g/mol. The molecule has 3 aliphatic rings. The van der Waals surface area contributed by atoms with E-state index in [2.05, 4.69) is 19.9 Å². The van der Waals surface area contributed by atoms with Crippen LogP contribution in [0.2, 0.25) is 5.02 Å². The topological polar surface area (TPSA) is 26.3 Å². The zero-order valence-electron chi connectivity index (χ0n) is 11.2. The van der Waals surface area contributed by atoms with Crippen LogP contribution in [-0.4, -0.2) is 5.97 Å². The molecule has 2 atom stereocenters.